The van der Waals surface area contributed by atoms with Crippen LogP contribution in [0.25, 0.3) is 0 Å². The van der Waals surface area contributed by atoms with Crippen molar-refractivity contribution in [1.82, 2.24) is 4.90 Å². The van der Waals surface area contributed by atoms with Crippen LogP contribution in [-0.4, -0.2) is 25.0 Å². The van der Waals surface area contributed by atoms with Crippen LogP contribution in [-0.2, 0) is 6.42 Å². The van der Waals surface area contributed by atoms with E-state index in [0.29, 0.717) is 18.5 Å². The molecule has 124 valence electrons. The van der Waals surface area contributed by atoms with E-state index in [1.807, 2.05) is 43.5 Å². The van der Waals surface area contributed by atoms with Crippen LogP contribution in [0.2, 0.25) is 0 Å². The second-order valence-corrected chi connectivity index (χ2v) is 6.72. The molecule has 0 bridgehead atoms. The summed E-state index contributed by atoms with van der Waals surface area (Å²) in [4.78, 5) is 2.14. The van der Waals surface area contributed by atoms with E-state index in [2.05, 4.69) is 23.1 Å². The minimum atomic E-state index is -1.49. The van der Waals surface area contributed by atoms with Crippen LogP contribution in [0.15, 0.2) is 53.3 Å². The zero-order valence-corrected chi connectivity index (χ0v) is 14.1. The normalized spacial score (nSPS) is 25.1. The molecule has 2 N–H and O–H groups in total. The number of hydrogen-bond donors (Lipinski definition) is 1. The summed E-state index contributed by atoms with van der Waals surface area (Å²) >= 11 is 0. The van der Waals surface area contributed by atoms with E-state index in [9.17, 15) is 15.8 Å². The van der Waals surface area contributed by atoms with E-state index < -0.39 is 5.41 Å². The first kappa shape index (κ1) is 16.8. The molecule has 0 spiro atoms. The fourth-order valence-corrected chi connectivity index (χ4v) is 4.00. The number of benzene rings is 1. The molecule has 5 heteroatoms. The van der Waals surface area contributed by atoms with Crippen LogP contribution in [0, 0.1) is 51.2 Å². The van der Waals surface area contributed by atoms with Gasteiger partial charge in [-0.15, -0.1) is 0 Å². The van der Waals surface area contributed by atoms with E-state index in [4.69, 9.17) is 5.73 Å². The van der Waals surface area contributed by atoms with Crippen molar-refractivity contribution in [1.29, 1.82) is 15.8 Å². The molecule has 25 heavy (non-hydrogen) atoms. The summed E-state index contributed by atoms with van der Waals surface area (Å²) in [6.45, 7) is 1.43. The molecule has 0 unspecified atom stereocenters. The first-order chi connectivity index (χ1) is 12.1. The molecular formula is C20H19N5. The lowest BCUT2D eigenvalue weighted by Crippen LogP contribution is -2.49. The third kappa shape index (κ3) is 2.58. The average Bonchev–Trinajstić information content (AvgIpc) is 2.64. The highest BCUT2D eigenvalue weighted by Crippen LogP contribution is 2.50. The van der Waals surface area contributed by atoms with Crippen molar-refractivity contribution in [3.63, 3.8) is 0 Å². The smallest absolute Gasteiger partial charge is 0.187 e. The number of fused-ring (bicyclic) bond motifs is 1. The van der Waals surface area contributed by atoms with Crippen LogP contribution in [0.3, 0.4) is 0 Å². The second kappa shape index (κ2) is 6.44. The first-order valence-electron chi connectivity index (χ1n) is 8.23. The summed E-state index contributed by atoms with van der Waals surface area (Å²) in [5, 5.41) is 29.4. The number of rotatable bonds is 2. The summed E-state index contributed by atoms with van der Waals surface area (Å²) in [6.07, 6.45) is 2.58. The molecule has 1 aliphatic carbocycles. The minimum absolute atomic E-state index is 0.0693. The number of nitriles is 3. The van der Waals surface area contributed by atoms with Crippen molar-refractivity contribution in [2.24, 2.45) is 23.0 Å². The highest BCUT2D eigenvalue weighted by Gasteiger charge is 2.53. The van der Waals surface area contributed by atoms with Crippen molar-refractivity contribution in [3.05, 3.63) is 58.8 Å². The van der Waals surface area contributed by atoms with Gasteiger partial charge in [-0.1, -0.05) is 36.4 Å². The van der Waals surface area contributed by atoms with E-state index in [1.54, 1.807) is 0 Å². The van der Waals surface area contributed by atoms with Gasteiger partial charge < -0.3 is 10.6 Å². The summed E-state index contributed by atoms with van der Waals surface area (Å²) < 4.78 is 0. The van der Waals surface area contributed by atoms with E-state index in [0.717, 1.165) is 17.7 Å². The molecule has 1 aliphatic heterocycles. The highest BCUT2D eigenvalue weighted by molar-refractivity contribution is 5.56. The third-order valence-electron chi connectivity index (χ3n) is 5.32. The van der Waals surface area contributed by atoms with Crippen molar-refractivity contribution >= 4 is 0 Å². The van der Waals surface area contributed by atoms with E-state index in [1.165, 1.54) is 0 Å². The summed E-state index contributed by atoms with van der Waals surface area (Å²) in [5.74, 6) is -0.365. The topological polar surface area (TPSA) is 101 Å². The summed E-state index contributed by atoms with van der Waals surface area (Å²) in [5.41, 5.74) is 7.11. The molecule has 2 aliphatic rings. The molecule has 0 aromatic heterocycles. The fourth-order valence-electron chi connectivity index (χ4n) is 4.00. The van der Waals surface area contributed by atoms with Gasteiger partial charge in [0, 0.05) is 24.9 Å². The molecule has 1 heterocycles. The number of hydrogen-bond acceptors (Lipinski definition) is 5. The zero-order valence-electron chi connectivity index (χ0n) is 14.1. The Morgan fingerprint density at radius 1 is 1.20 bits per heavy atom. The number of likely N-dealkylation sites (N-methyl/N-ethyl adjacent to an activating group) is 1. The molecule has 5 nitrogen and oxygen atoms in total. The molecule has 0 fully saturated rings. The fraction of sp³-hybridized carbons (Fsp3) is 0.350. The predicted octanol–water partition coefficient (Wildman–Crippen LogP) is 2.12. The minimum Gasteiger partial charge on any atom is -0.399 e. The number of nitrogens with zero attached hydrogens (tertiary/aromatic N) is 4. The Hall–Kier alpha value is -3.07. The maximum absolute atomic E-state index is 9.90. The first-order valence-corrected chi connectivity index (χ1v) is 8.23. The zero-order chi connectivity index (χ0) is 18.0. The van der Waals surface area contributed by atoms with E-state index >= 15 is 0 Å². The van der Waals surface area contributed by atoms with Gasteiger partial charge in [0.25, 0.3) is 0 Å². The second-order valence-electron chi connectivity index (χ2n) is 6.72. The predicted molar refractivity (Wildman–Crippen MR) is 93.2 cm³/mol. The Morgan fingerprint density at radius 3 is 2.48 bits per heavy atom. The molecule has 2 atom stereocenters. The molecule has 0 radical (unpaired) electrons. The maximum atomic E-state index is 9.90. The molecule has 0 saturated heterocycles. The lowest BCUT2D eigenvalue weighted by atomic mass is 9.58. The Bertz CT molecular complexity index is 846. The van der Waals surface area contributed by atoms with Gasteiger partial charge in [-0.3, -0.25) is 0 Å². The van der Waals surface area contributed by atoms with E-state index in [-0.39, 0.29) is 17.5 Å². The van der Waals surface area contributed by atoms with Crippen molar-refractivity contribution in [2.45, 2.75) is 6.42 Å². The number of allylic oxidation sites excluding steroid dienone is 2. The van der Waals surface area contributed by atoms with Gasteiger partial charge in [0.2, 0.25) is 0 Å². The molecule has 0 amide bonds. The van der Waals surface area contributed by atoms with Gasteiger partial charge in [0.15, 0.2) is 5.41 Å². The Balaban J connectivity index is 2.19. The van der Waals surface area contributed by atoms with Crippen LogP contribution in [0.4, 0.5) is 0 Å². The standard InChI is InChI=1S/C20H19N5/c1-25-8-7-15-16(10-21)19(24)20(12-22,13-23)18(17(15)11-25)9-14-5-3-2-4-6-14/h2-7,17-18H,8-9,11,24H2,1H3/t17-,18+/m1/s1. The quantitative estimate of drug-likeness (QED) is 0.895. The van der Waals surface area contributed by atoms with Crippen molar-refractivity contribution < 1.29 is 0 Å². The van der Waals surface area contributed by atoms with Crippen molar-refractivity contribution in [3.8, 4) is 18.2 Å². The van der Waals surface area contributed by atoms with Gasteiger partial charge in [0.1, 0.15) is 6.07 Å². The van der Waals surface area contributed by atoms with Crippen LogP contribution in [0.1, 0.15) is 5.56 Å². The average molecular weight is 329 g/mol. The molecule has 1 aromatic carbocycles. The van der Waals surface area contributed by atoms with Gasteiger partial charge in [-0.2, -0.15) is 15.8 Å². The van der Waals surface area contributed by atoms with Crippen LogP contribution < -0.4 is 5.73 Å². The number of nitrogens with two attached hydrogens (primary N) is 1. The van der Waals surface area contributed by atoms with Crippen LogP contribution in [0.5, 0.6) is 0 Å². The highest BCUT2D eigenvalue weighted by atomic mass is 15.1. The van der Waals surface area contributed by atoms with Gasteiger partial charge in [0.05, 0.1) is 23.4 Å². The SMILES string of the molecule is CN1CC=C2C(C#N)=C(N)C(C#N)(C#N)[C@@H](Cc3ccccc3)[C@@H]2C1. The maximum Gasteiger partial charge on any atom is 0.187 e. The molecule has 3 rings (SSSR count). The molecule has 1 aromatic rings. The van der Waals surface area contributed by atoms with Crippen LogP contribution >= 0.6 is 0 Å². The lowest BCUT2D eigenvalue weighted by Gasteiger charge is -2.45. The summed E-state index contributed by atoms with van der Waals surface area (Å²) in [6, 6.07) is 16.3. The van der Waals surface area contributed by atoms with Gasteiger partial charge >= 0.3 is 0 Å². The largest absolute Gasteiger partial charge is 0.399 e. The Kier molecular flexibility index (Phi) is 4.32. The monoisotopic (exact) mass is 329 g/mol. The Morgan fingerprint density at radius 2 is 1.88 bits per heavy atom. The summed E-state index contributed by atoms with van der Waals surface area (Å²) in [7, 11) is 2.00. The van der Waals surface area contributed by atoms with Gasteiger partial charge in [-0.05, 0) is 24.6 Å². The Labute approximate surface area is 147 Å². The lowest BCUT2D eigenvalue weighted by molar-refractivity contribution is 0.186. The molecular weight excluding hydrogens is 310 g/mol. The third-order valence-corrected chi connectivity index (χ3v) is 5.32. The van der Waals surface area contributed by atoms with Gasteiger partial charge in [-0.25, -0.2) is 0 Å². The molecule has 0 saturated carbocycles. The van der Waals surface area contributed by atoms with Crippen molar-refractivity contribution in [2.75, 3.05) is 20.1 Å².